The number of hydrogen-bond donors (Lipinski definition) is 3. The van der Waals surface area contributed by atoms with Crippen LogP contribution >= 0.6 is 11.8 Å². The Bertz CT molecular complexity index is 523. The molecule has 0 aromatic heterocycles. The number of thioether (sulfide) groups is 1. The van der Waals surface area contributed by atoms with Gasteiger partial charge in [0.1, 0.15) is 0 Å². The van der Waals surface area contributed by atoms with Crippen LogP contribution in [0.5, 0.6) is 0 Å². The summed E-state index contributed by atoms with van der Waals surface area (Å²) in [5, 5.41) is 20.7. The van der Waals surface area contributed by atoms with Crippen molar-refractivity contribution >= 4 is 23.6 Å². The number of aliphatic hydroxyl groups is 1. The molecule has 1 atom stereocenters. The van der Waals surface area contributed by atoms with Crippen LogP contribution in [0.4, 0.5) is 8.78 Å². The molecule has 1 unspecified atom stereocenters. The number of hydrogen-bond acceptors (Lipinski definition) is 4. The number of alkyl halides is 2. The number of aliphatic carboxylic acids is 1. The maximum Gasteiger partial charge on any atom is 0.306 e. The summed E-state index contributed by atoms with van der Waals surface area (Å²) in [4.78, 5) is 22.6. The molecule has 0 aliphatic rings. The molecule has 0 spiro atoms. The molecule has 1 aromatic carbocycles. The molecule has 8 heteroatoms. The van der Waals surface area contributed by atoms with Gasteiger partial charge in [-0.3, -0.25) is 9.59 Å². The number of amides is 1. The molecule has 0 aliphatic heterocycles. The Kier molecular flexibility index (Phi) is 6.10. The van der Waals surface area contributed by atoms with Crippen molar-refractivity contribution in [2.24, 2.45) is 0 Å². The van der Waals surface area contributed by atoms with E-state index in [4.69, 9.17) is 5.11 Å². The fourth-order valence-corrected chi connectivity index (χ4v) is 2.24. The highest BCUT2D eigenvalue weighted by molar-refractivity contribution is 7.99. The van der Waals surface area contributed by atoms with E-state index in [1.807, 2.05) is 0 Å². The van der Waals surface area contributed by atoms with E-state index in [-0.39, 0.29) is 28.8 Å². The fraction of sp³-hybridized carbons (Fsp3) is 0.385. The Hall–Kier alpha value is -1.67. The summed E-state index contributed by atoms with van der Waals surface area (Å²) in [6.45, 7) is 0.965. The number of carbonyl (C=O) groups excluding carboxylic acids is 1. The lowest BCUT2D eigenvalue weighted by Crippen LogP contribution is -2.42. The number of nitrogens with one attached hydrogen (secondary N) is 1. The fourth-order valence-electron chi connectivity index (χ4n) is 1.61. The zero-order valence-electron chi connectivity index (χ0n) is 11.2. The molecule has 0 radical (unpaired) electrons. The van der Waals surface area contributed by atoms with Crippen LogP contribution in [0.15, 0.2) is 29.2 Å². The van der Waals surface area contributed by atoms with Crippen molar-refractivity contribution in [2.45, 2.75) is 29.6 Å². The summed E-state index contributed by atoms with van der Waals surface area (Å²) in [6.07, 6.45) is -0.541. The first kappa shape index (κ1) is 17.4. The van der Waals surface area contributed by atoms with Gasteiger partial charge in [0.15, 0.2) is 0 Å². The lowest BCUT2D eigenvalue weighted by molar-refractivity contribution is -0.141. The Morgan fingerprint density at radius 1 is 1.38 bits per heavy atom. The van der Waals surface area contributed by atoms with Gasteiger partial charge in [0.2, 0.25) is 0 Å². The molecule has 21 heavy (non-hydrogen) atoms. The van der Waals surface area contributed by atoms with E-state index in [9.17, 15) is 23.5 Å². The largest absolute Gasteiger partial charge is 0.481 e. The van der Waals surface area contributed by atoms with Crippen molar-refractivity contribution < 1.29 is 28.6 Å². The summed E-state index contributed by atoms with van der Waals surface area (Å²) in [5.74, 6) is -4.51. The third-order valence-corrected chi connectivity index (χ3v) is 3.30. The van der Waals surface area contributed by atoms with Crippen molar-refractivity contribution in [3.05, 3.63) is 29.8 Å². The maximum absolute atomic E-state index is 12.4. The minimum Gasteiger partial charge on any atom is -0.481 e. The van der Waals surface area contributed by atoms with Gasteiger partial charge >= 0.3 is 5.97 Å². The number of carboxylic acids is 1. The monoisotopic (exact) mass is 319 g/mol. The summed E-state index contributed by atoms with van der Waals surface area (Å²) in [7, 11) is 0. The number of carboxylic acid groups (broad SMARTS) is 1. The van der Waals surface area contributed by atoms with Crippen molar-refractivity contribution in [3.63, 3.8) is 0 Å². The SMILES string of the molecule is CC(O)(CNC(=O)c1ccccc1SC(F)F)CC(=O)O. The maximum atomic E-state index is 12.4. The average Bonchev–Trinajstić information content (AvgIpc) is 2.34. The molecule has 1 rings (SSSR count). The Morgan fingerprint density at radius 3 is 2.57 bits per heavy atom. The highest BCUT2D eigenvalue weighted by Gasteiger charge is 2.25. The minimum absolute atomic E-state index is 0.0499. The number of carbonyl (C=O) groups is 2. The van der Waals surface area contributed by atoms with Crippen LogP contribution in [0.25, 0.3) is 0 Å². The first-order valence-corrected chi connectivity index (χ1v) is 6.85. The summed E-state index contributed by atoms with van der Waals surface area (Å²) in [6, 6.07) is 5.83. The average molecular weight is 319 g/mol. The lowest BCUT2D eigenvalue weighted by atomic mass is 10.0. The van der Waals surface area contributed by atoms with Gasteiger partial charge in [-0.15, -0.1) is 0 Å². The van der Waals surface area contributed by atoms with E-state index < -0.39 is 29.7 Å². The summed E-state index contributed by atoms with van der Waals surface area (Å²) >= 11 is 0.247. The molecule has 3 N–H and O–H groups in total. The van der Waals surface area contributed by atoms with Gasteiger partial charge < -0.3 is 15.5 Å². The number of halogens is 2. The molecule has 1 amide bonds. The van der Waals surface area contributed by atoms with Crippen LogP contribution in [0, 0.1) is 0 Å². The van der Waals surface area contributed by atoms with Gasteiger partial charge in [0, 0.05) is 11.4 Å². The zero-order valence-corrected chi connectivity index (χ0v) is 12.0. The molecule has 0 bridgehead atoms. The third-order valence-electron chi connectivity index (χ3n) is 2.51. The van der Waals surface area contributed by atoms with Crippen LogP contribution in [0.3, 0.4) is 0 Å². The van der Waals surface area contributed by atoms with Crippen molar-refractivity contribution in [2.75, 3.05) is 6.54 Å². The van der Waals surface area contributed by atoms with E-state index in [1.54, 1.807) is 0 Å². The van der Waals surface area contributed by atoms with E-state index >= 15 is 0 Å². The second-order valence-corrected chi connectivity index (χ2v) is 5.66. The van der Waals surface area contributed by atoms with Gasteiger partial charge in [-0.25, -0.2) is 0 Å². The standard InChI is InChI=1S/C13H15F2NO4S/c1-13(20,6-10(17)18)7-16-11(19)8-4-2-3-5-9(8)21-12(14)15/h2-5,12,20H,6-7H2,1H3,(H,16,19)(H,17,18). The first-order valence-electron chi connectivity index (χ1n) is 5.97. The number of benzene rings is 1. The quantitative estimate of drug-likeness (QED) is 0.669. The highest BCUT2D eigenvalue weighted by atomic mass is 32.2. The molecular weight excluding hydrogens is 304 g/mol. The Balaban J connectivity index is 2.74. The lowest BCUT2D eigenvalue weighted by Gasteiger charge is -2.21. The van der Waals surface area contributed by atoms with Crippen molar-refractivity contribution in [1.29, 1.82) is 0 Å². The third kappa shape index (κ3) is 6.09. The molecule has 0 saturated carbocycles. The smallest absolute Gasteiger partial charge is 0.306 e. The second kappa shape index (κ2) is 7.37. The summed E-state index contributed by atoms with van der Waals surface area (Å²) in [5.41, 5.74) is -1.57. The molecule has 0 fully saturated rings. The molecule has 0 saturated heterocycles. The predicted molar refractivity (Wildman–Crippen MR) is 73.5 cm³/mol. The van der Waals surface area contributed by atoms with Crippen LogP contribution in [0.2, 0.25) is 0 Å². The van der Waals surface area contributed by atoms with Crippen LogP contribution in [-0.4, -0.2) is 40.0 Å². The first-order chi connectivity index (χ1) is 9.71. The van der Waals surface area contributed by atoms with Crippen molar-refractivity contribution in [1.82, 2.24) is 5.32 Å². The second-order valence-electron chi connectivity index (χ2n) is 4.62. The van der Waals surface area contributed by atoms with Gasteiger partial charge in [0.05, 0.1) is 17.6 Å². The van der Waals surface area contributed by atoms with Gasteiger partial charge in [0.25, 0.3) is 11.7 Å². The van der Waals surface area contributed by atoms with Gasteiger partial charge in [-0.1, -0.05) is 23.9 Å². The van der Waals surface area contributed by atoms with Crippen LogP contribution in [-0.2, 0) is 4.79 Å². The highest BCUT2D eigenvalue weighted by Crippen LogP contribution is 2.28. The Morgan fingerprint density at radius 2 is 2.00 bits per heavy atom. The van der Waals surface area contributed by atoms with E-state index in [2.05, 4.69) is 5.32 Å². The van der Waals surface area contributed by atoms with Crippen molar-refractivity contribution in [3.8, 4) is 0 Å². The molecule has 5 nitrogen and oxygen atoms in total. The van der Waals surface area contributed by atoms with E-state index in [0.29, 0.717) is 0 Å². The molecule has 0 heterocycles. The minimum atomic E-state index is -2.66. The van der Waals surface area contributed by atoms with E-state index in [0.717, 1.165) is 0 Å². The summed E-state index contributed by atoms with van der Waals surface area (Å²) < 4.78 is 24.8. The molecule has 1 aromatic rings. The molecular formula is C13H15F2NO4S. The molecule has 0 aliphatic carbocycles. The van der Waals surface area contributed by atoms with E-state index in [1.165, 1.54) is 31.2 Å². The number of rotatable bonds is 7. The predicted octanol–water partition coefficient (Wildman–Crippen LogP) is 1.96. The van der Waals surface area contributed by atoms with Crippen LogP contribution in [0.1, 0.15) is 23.7 Å². The van der Waals surface area contributed by atoms with Crippen LogP contribution < -0.4 is 5.32 Å². The normalized spacial score (nSPS) is 13.8. The topological polar surface area (TPSA) is 86.6 Å². The van der Waals surface area contributed by atoms with Gasteiger partial charge in [-0.05, 0) is 19.1 Å². The Labute approximate surface area is 124 Å². The zero-order chi connectivity index (χ0) is 16.0. The molecule has 116 valence electrons. The van der Waals surface area contributed by atoms with Gasteiger partial charge in [-0.2, -0.15) is 8.78 Å².